The van der Waals surface area contributed by atoms with Crippen LogP contribution in [0, 0.1) is 5.82 Å². The Morgan fingerprint density at radius 1 is 1.47 bits per heavy atom. The standard InChI is InChI=1S/C12H16BrFO/c1-3-4-9(2)15-8-10-5-6-11(13)7-12(10)14/h5-7,9H,3-4,8H2,1-2H3. The third kappa shape index (κ3) is 4.31. The molecule has 1 atom stereocenters. The summed E-state index contributed by atoms with van der Waals surface area (Å²) in [5.74, 6) is -0.215. The topological polar surface area (TPSA) is 9.23 Å². The lowest BCUT2D eigenvalue weighted by molar-refractivity contribution is 0.0456. The van der Waals surface area contributed by atoms with E-state index in [9.17, 15) is 4.39 Å². The van der Waals surface area contributed by atoms with Crippen LogP contribution in [0.25, 0.3) is 0 Å². The quantitative estimate of drug-likeness (QED) is 0.778. The average Bonchev–Trinajstić information content (AvgIpc) is 2.17. The van der Waals surface area contributed by atoms with E-state index >= 15 is 0 Å². The summed E-state index contributed by atoms with van der Waals surface area (Å²) >= 11 is 3.22. The molecule has 3 heteroatoms. The van der Waals surface area contributed by atoms with Crippen LogP contribution < -0.4 is 0 Å². The summed E-state index contributed by atoms with van der Waals surface area (Å²) in [6.07, 6.45) is 2.29. The summed E-state index contributed by atoms with van der Waals surface area (Å²) < 4.78 is 19.7. The molecule has 1 aromatic carbocycles. The van der Waals surface area contributed by atoms with E-state index in [1.807, 2.05) is 13.0 Å². The first kappa shape index (κ1) is 12.7. The van der Waals surface area contributed by atoms with Crippen LogP contribution in [0.3, 0.4) is 0 Å². The van der Waals surface area contributed by atoms with Gasteiger partial charge in [0, 0.05) is 10.0 Å². The molecule has 0 aromatic heterocycles. The van der Waals surface area contributed by atoms with Crippen molar-refractivity contribution in [1.82, 2.24) is 0 Å². The molecule has 0 heterocycles. The summed E-state index contributed by atoms with van der Waals surface area (Å²) in [6, 6.07) is 5.04. The molecule has 0 radical (unpaired) electrons. The van der Waals surface area contributed by atoms with Gasteiger partial charge in [-0.1, -0.05) is 35.3 Å². The van der Waals surface area contributed by atoms with E-state index in [-0.39, 0.29) is 11.9 Å². The van der Waals surface area contributed by atoms with Crippen molar-refractivity contribution in [3.05, 3.63) is 34.1 Å². The Morgan fingerprint density at radius 3 is 2.80 bits per heavy atom. The highest BCUT2D eigenvalue weighted by Gasteiger charge is 2.05. The van der Waals surface area contributed by atoms with Crippen LogP contribution in [0.15, 0.2) is 22.7 Å². The molecule has 0 aliphatic carbocycles. The maximum Gasteiger partial charge on any atom is 0.129 e. The number of hydrogen-bond acceptors (Lipinski definition) is 1. The fourth-order valence-corrected chi connectivity index (χ4v) is 1.69. The zero-order valence-corrected chi connectivity index (χ0v) is 10.7. The Labute approximate surface area is 98.8 Å². The number of ether oxygens (including phenoxy) is 1. The van der Waals surface area contributed by atoms with Crippen LogP contribution in [-0.2, 0) is 11.3 Å². The maximum atomic E-state index is 13.4. The molecule has 1 nitrogen and oxygen atoms in total. The van der Waals surface area contributed by atoms with Gasteiger partial charge in [0.15, 0.2) is 0 Å². The van der Waals surface area contributed by atoms with Crippen molar-refractivity contribution in [1.29, 1.82) is 0 Å². The van der Waals surface area contributed by atoms with Crippen molar-refractivity contribution in [2.45, 2.75) is 39.4 Å². The molecule has 0 saturated carbocycles. The zero-order chi connectivity index (χ0) is 11.3. The van der Waals surface area contributed by atoms with Gasteiger partial charge in [0.2, 0.25) is 0 Å². The molecular weight excluding hydrogens is 259 g/mol. The molecule has 0 amide bonds. The number of halogens is 2. The lowest BCUT2D eigenvalue weighted by atomic mass is 10.2. The first-order valence-electron chi connectivity index (χ1n) is 5.19. The van der Waals surface area contributed by atoms with Crippen molar-refractivity contribution < 1.29 is 9.13 Å². The third-order valence-corrected chi connectivity index (χ3v) is 2.73. The van der Waals surface area contributed by atoms with Gasteiger partial charge >= 0.3 is 0 Å². The third-order valence-electron chi connectivity index (χ3n) is 2.23. The highest BCUT2D eigenvalue weighted by Crippen LogP contribution is 2.16. The summed E-state index contributed by atoms with van der Waals surface area (Å²) in [5.41, 5.74) is 0.612. The van der Waals surface area contributed by atoms with E-state index in [0.717, 1.165) is 17.3 Å². The average molecular weight is 275 g/mol. The first-order chi connectivity index (χ1) is 7.13. The van der Waals surface area contributed by atoms with Gasteiger partial charge in [0.25, 0.3) is 0 Å². The van der Waals surface area contributed by atoms with E-state index in [1.165, 1.54) is 6.07 Å². The Balaban J connectivity index is 2.50. The second-order valence-corrected chi connectivity index (χ2v) is 4.56. The fraction of sp³-hybridized carbons (Fsp3) is 0.500. The second-order valence-electron chi connectivity index (χ2n) is 3.65. The minimum Gasteiger partial charge on any atom is -0.374 e. The van der Waals surface area contributed by atoms with E-state index in [1.54, 1.807) is 6.07 Å². The monoisotopic (exact) mass is 274 g/mol. The number of benzene rings is 1. The van der Waals surface area contributed by atoms with Crippen molar-refractivity contribution in [3.63, 3.8) is 0 Å². The summed E-state index contributed by atoms with van der Waals surface area (Å²) in [5, 5.41) is 0. The predicted octanol–water partition coefficient (Wildman–Crippen LogP) is 4.29. The lowest BCUT2D eigenvalue weighted by Crippen LogP contribution is -2.08. The van der Waals surface area contributed by atoms with Crippen molar-refractivity contribution in [3.8, 4) is 0 Å². The first-order valence-corrected chi connectivity index (χ1v) is 5.98. The number of rotatable bonds is 5. The minimum absolute atomic E-state index is 0.193. The molecule has 0 aliphatic heterocycles. The molecule has 1 aromatic rings. The highest BCUT2D eigenvalue weighted by molar-refractivity contribution is 9.10. The van der Waals surface area contributed by atoms with Crippen molar-refractivity contribution in [2.24, 2.45) is 0 Å². The molecule has 15 heavy (non-hydrogen) atoms. The Morgan fingerprint density at radius 2 is 2.20 bits per heavy atom. The molecule has 1 rings (SSSR count). The van der Waals surface area contributed by atoms with Crippen LogP contribution in [0.2, 0.25) is 0 Å². The molecule has 0 fully saturated rings. The minimum atomic E-state index is -0.215. The summed E-state index contributed by atoms with van der Waals surface area (Å²) in [4.78, 5) is 0. The zero-order valence-electron chi connectivity index (χ0n) is 9.09. The van der Waals surface area contributed by atoms with Crippen LogP contribution >= 0.6 is 15.9 Å². The molecule has 1 unspecified atom stereocenters. The van der Waals surface area contributed by atoms with Gasteiger partial charge in [-0.3, -0.25) is 0 Å². The van der Waals surface area contributed by atoms with Gasteiger partial charge in [-0.15, -0.1) is 0 Å². The highest BCUT2D eigenvalue weighted by atomic mass is 79.9. The molecule has 0 saturated heterocycles. The molecule has 0 spiro atoms. The van der Waals surface area contributed by atoms with Crippen LogP contribution in [0.5, 0.6) is 0 Å². The number of hydrogen-bond donors (Lipinski definition) is 0. The van der Waals surface area contributed by atoms with Gasteiger partial charge in [-0.2, -0.15) is 0 Å². The second kappa shape index (κ2) is 6.23. The van der Waals surface area contributed by atoms with Crippen LogP contribution in [-0.4, -0.2) is 6.10 Å². The van der Waals surface area contributed by atoms with E-state index in [0.29, 0.717) is 12.2 Å². The van der Waals surface area contributed by atoms with E-state index < -0.39 is 0 Å². The molecule has 0 bridgehead atoms. The Kier molecular flexibility index (Phi) is 5.26. The van der Waals surface area contributed by atoms with E-state index in [4.69, 9.17) is 4.74 Å². The van der Waals surface area contributed by atoms with Crippen LogP contribution in [0.1, 0.15) is 32.3 Å². The van der Waals surface area contributed by atoms with Gasteiger partial charge in [0.1, 0.15) is 5.82 Å². The summed E-state index contributed by atoms with van der Waals surface area (Å²) in [7, 11) is 0. The summed E-state index contributed by atoms with van der Waals surface area (Å²) in [6.45, 7) is 4.47. The van der Waals surface area contributed by atoms with Gasteiger partial charge in [-0.25, -0.2) is 4.39 Å². The normalized spacial score (nSPS) is 12.8. The van der Waals surface area contributed by atoms with Crippen LogP contribution in [0.4, 0.5) is 4.39 Å². The largest absolute Gasteiger partial charge is 0.374 e. The molecule has 0 aliphatic rings. The van der Waals surface area contributed by atoms with Crippen molar-refractivity contribution >= 4 is 15.9 Å². The Bertz CT molecular complexity index is 314. The molecule has 0 N–H and O–H groups in total. The van der Waals surface area contributed by atoms with E-state index in [2.05, 4.69) is 22.9 Å². The lowest BCUT2D eigenvalue weighted by Gasteiger charge is -2.12. The fourth-order valence-electron chi connectivity index (χ4n) is 1.36. The maximum absolute atomic E-state index is 13.4. The van der Waals surface area contributed by atoms with Gasteiger partial charge in [0.05, 0.1) is 12.7 Å². The molecular formula is C12H16BrFO. The van der Waals surface area contributed by atoms with Gasteiger partial charge < -0.3 is 4.74 Å². The smallest absolute Gasteiger partial charge is 0.129 e. The SMILES string of the molecule is CCCC(C)OCc1ccc(Br)cc1F. The predicted molar refractivity (Wildman–Crippen MR) is 63.3 cm³/mol. The van der Waals surface area contributed by atoms with Crippen molar-refractivity contribution in [2.75, 3.05) is 0 Å². The molecule has 84 valence electrons. The Hall–Kier alpha value is -0.410. The van der Waals surface area contributed by atoms with Gasteiger partial charge in [-0.05, 0) is 25.5 Å².